The first-order valence-corrected chi connectivity index (χ1v) is 11.5. The summed E-state index contributed by atoms with van der Waals surface area (Å²) in [6.07, 6.45) is 5.30. The van der Waals surface area contributed by atoms with Gasteiger partial charge in [-0.3, -0.25) is 14.4 Å². The summed E-state index contributed by atoms with van der Waals surface area (Å²) in [6.45, 7) is 21.6. The third-order valence-electron chi connectivity index (χ3n) is 4.52. The third kappa shape index (κ3) is 16.5. The number of benzene rings is 1. The minimum absolute atomic E-state index is 0.130. The van der Waals surface area contributed by atoms with Crippen LogP contribution in [0.4, 0.5) is 5.69 Å². The summed E-state index contributed by atoms with van der Waals surface area (Å²) in [7, 11) is 0. The molecule has 1 rings (SSSR count). The molecule has 0 atom stereocenters. The van der Waals surface area contributed by atoms with Crippen LogP contribution in [0.25, 0.3) is 0 Å². The maximum absolute atomic E-state index is 11.7. The van der Waals surface area contributed by atoms with E-state index >= 15 is 0 Å². The lowest BCUT2D eigenvalue weighted by atomic mass is 9.87. The molecule has 0 amide bonds. The van der Waals surface area contributed by atoms with Gasteiger partial charge >= 0.3 is 0 Å². The zero-order valence-electron chi connectivity index (χ0n) is 22.4. The second kappa shape index (κ2) is 14.0. The number of anilines is 1. The average Bonchev–Trinajstić information content (AvgIpc) is 2.66. The van der Waals surface area contributed by atoms with Crippen LogP contribution in [0.3, 0.4) is 0 Å². The highest BCUT2D eigenvalue weighted by Gasteiger charge is 2.21. The quantitative estimate of drug-likeness (QED) is 0.391. The van der Waals surface area contributed by atoms with Gasteiger partial charge in [0.25, 0.3) is 0 Å². The third-order valence-corrected chi connectivity index (χ3v) is 4.52. The fourth-order valence-electron chi connectivity index (χ4n) is 2.12. The molecule has 2 N–H and O–H groups in total. The van der Waals surface area contributed by atoms with Crippen LogP contribution in [-0.2, 0) is 20.8 Å². The predicted octanol–water partition coefficient (Wildman–Crippen LogP) is 7.01. The molecule has 32 heavy (non-hydrogen) atoms. The smallest absolute Gasteiger partial charge is 0.155 e. The molecule has 0 aliphatic heterocycles. The largest absolute Gasteiger partial charge is 0.398 e. The molecule has 0 bridgehead atoms. The molecular formula is C28H47NO3. The number of hydrogen-bond donors (Lipinski definition) is 1. The standard InChI is InChI=1S/C12H17NO.C9H16O.C7H14O/c1-12(2,3)11(14)8-9-6-4-5-7-10(9)13;1-5-8(10)6-7-9(2,3)4;1-5-6(8)7(2,3)4/h4-7H,8,13H2,1-3H3;6-7H,5H2,1-4H3;5H2,1-4H3/b;7-6+;. The van der Waals surface area contributed by atoms with Crippen LogP contribution in [0.5, 0.6) is 0 Å². The van der Waals surface area contributed by atoms with E-state index in [1.807, 2.05) is 85.7 Å². The zero-order chi connectivity index (χ0) is 25.8. The van der Waals surface area contributed by atoms with Crippen LogP contribution < -0.4 is 5.73 Å². The fourth-order valence-corrected chi connectivity index (χ4v) is 2.12. The van der Waals surface area contributed by atoms with Crippen LogP contribution in [-0.4, -0.2) is 17.3 Å². The average molecular weight is 446 g/mol. The van der Waals surface area contributed by atoms with Crippen molar-refractivity contribution in [2.75, 3.05) is 5.73 Å². The molecule has 0 saturated heterocycles. The summed E-state index contributed by atoms with van der Waals surface area (Å²) >= 11 is 0. The number of rotatable bonds is 5. The van der Waals surface area contributed by atoms with Crippen molar-refractivity contribution in [3.8, 4) is 0 Å². The molecule has 0 unspecified atom stereocenters. The van der Waals surface area contributed by atoms with Crippen LogP contribution in [0.2, 0.25) is 0 Å². The van der Waals surface area contributed by atoms with Gasteiger partial charge in [-0.15, -0.1) is 0 Å². The molecule has 1 aromatic rings. The lowest BCUT2D eigenvalue weighted by Gasteiger charge is -2.16. The Labute approximate surface area is 197 Å². The molecule has 4 nitrogen and oxygen atoms in total. The molecule has 0 aliphatic carbocycles. The SMILES string of the molecule is CC(C)(C)C(=O)Cc1ccccc1N.CCC(=O)/C=C/C(C)(C)C.CCC(=O)C(C)(C)C. The minimum atomic E-state index is -0.289. The minimum Gasteiger partial charge on any atom is -0.398 e. The maximum atomic E-state index is 11.7. The van der Waals surface area contributed by atoms with E-state index in [0.717, 1.165) is 5.56 Å². The number of nitrogen functional groups attached to an aromatic ring is 1. The van der Waals surface area contributed by atoms with Gasteiger partial charge in [0.1, 0.15) is 11.6 Å². The molecule has 0 spiro atoms. The van der Waals surface area contributed by atoms with Crippen molar-refractivity contribution < 1.29 is 14.4 Å². The van der Waals surface area contributed by atoms with Crippen molar-refractivity contribution in [1.82, 2.24) is 0 Å². The van der Waals surface area contributed by atoms with Crippen molar-refractivity contribution in [3.05, 3.63) is 42.0 Å². The van der Waals surface area contributed by atoms with Gasteiger partial charge in [0.05, 0.1) is 0 Å². The second-order valence-electron chi connectivity index (χ2n) is 11.1. The van der Waals surface area contributed by atoms with Crippen molar-refractivity contribution in [1.29, 1.82) is 0 Å². The molecule has 0 heterocycles. The first-order chi connectivity index (χ1) is 14.3. The van der Waals surface area contributed by atoms with E-state index in [4.69, 9.17) is 5.73 Å². The Morgan fingerprint density at radius 1 is 0.781 bits per heavy atom. The highest BCUT2D eigenvalue weighted by atomic mass is 16.1. The zero-order valence-corrected chi connectivity index (χ0v) is 22.4. The van der Waals surface area contributed by atoms with Crippen molar-refractivity contribution in [2.24, 2.45) is 16.2 Å². The van der Waals surface area contributed by atoms with Crippen molar-refractivity contribution in [2.45, 2.75) is 95.4 Å². The predicted molar refractivity (Wildman–Crippen MR) is 138 cm³/mol. The van der Waals surface area contributed by atoms with Crippen LogP contribution >= 0.6 is 0 Å². The van der Waals surface area contributed by atoms with Gasteiger partial charge < -0.3 is 5.73 Å². The van der Waals surface area contributed by atoms with E-state index in [9.17, 15) is 14.4 Å². The molecule has 1 aromatic carbocycles. The summed E-state index contributed by atoms with van der Waals surface area (Å²) in [5.41, 5.74) is 7.09. The van der Waals surface area contributed by atoms with E-state index < -0.39 is 0 Å². The molecular weight excluding hydrogens is 398 g/mol. The summed E-state index contributed by atoms with van der Waals surface area (Å²) in [6, 6.07) is 7.51. The molecule has 182 valence electrons. The van der Waals surface area contributed by atoms with Gasteiger partial charge in [0, 0.05) is 35.8 Å². The normalized spacial score (nSPS) is 11.7. The summed E-state index contributed by atoms with van der Waals surface area (Å²) in [5, 5.41) is 0. The lowest BCUT2D eigenvalue weighted by Crippen LogP contribution is -2.22. The summed E-state index contributed by atoms with van der Waals surface area (Å²) in [5.74, 6) is 0.753. The number of Topliss-reactive ketones (excluding diaryl/α,β-unsaturated/α-hetero) is 2. The Kier molecular flexibility index (Phi) is 14.0. The number of carbonyl (C=O) groups excluding carboxylic acids is 3. The fraction of sp³-hybridized carbons (Fsp3) is 0.607. The number of hydrogen-bond acceptors (Lipinski definition) is 4. The lowest BCUT2D eigenvalue weighted by molar-refractivity contribution is -0.126. The first kappa shape index (κ1) is 32.0. The number of carbonyl (C=O) groups is 3. The summed E-state index contributed by atoms with van der Waals surface area (Å²) in [4.78, 5) is 33.3. The van der Waals surface area contributed by atoms with Crippen LogP contribution in [0, 0.1) is 16.2 Å². The van der Waals surface area contributed by atoms with E-state index in [1.165, 1.54) is 0 Å². The maximum Gasteiger partial charge on any atom is 0.155 e. The Hall–Kier alpha value is -2.23. The number of para-hydroxylation sites is 1. The highest BCUT2D eigenvalue weighted by Crippen LogP contribution is 2.20. The number of allylic oxidation sites excluding steroid dienone is 2. The van der Waals surface area contributed by atoms with Crippen molar-refractivity contribution >= 4 is 23.0 Å². The molecule has 0 aliphatic rings. The molecule has 0 aromatic heterocycles. The first-order valence-electron chi connectivity index (χ1n) is 11.5. The summed E-state index contributed by atoms with van der Waals surface area (Å²) < 4.78 is 0. The molecule has 0 fully saturated rings. The molecule has 0 radical (unpaired) electrons. The van der Waals surface area contributed by atoms with Gasteiger partial charge in [-0.25, -0.2) is 0 Å². The molecule has 0 saturated carbocycles. The monoisotopic (exact) mass is 445 g/mol. The topological polar surface area (TPSA) is 77.2 Å². The van der Waals surface area contributed by atoms with Gasteiger partial charge in [-0.1, -0.05) is 100 Å². The Morgan fingerprint density at radius 2 is 1.25 bits per heavy atom. The Balaban J connectivity index is 0. The van der Waals surface area contributed by atoms with Gasteiger partial charge in [0.2, 0.25) is 0 Å². The van der Waals surface area contributed by atoms with E-state index in [2.05, 4.69) is 20.8 Å². The number of ketones is 3. The van der Waals surface area contributed by atoms with E-state index in [-0.39, 0.29) is 27.8 Å². The van der Waals surface area contributed by atoms with E-state index in [1.54, 1.807) is 6.08 Å². The van der Waals surface area contributed by atoms with E-state index in [0.29, 0.717) is 30.7 Å². The Bertz CT molecular complexity index is 754. The van der Waals surface area contributed by atoms with Gasteiger partial charge in [-0.05, 0) is 23.1 Å². The highest BCUT2D eigenvalue weighted by molar-refractivity contribution is 5.89. The van der Waals surface area contributed by atoms with Crippen molar-refractivity contribution in [3.63, 3.8) is 0 Å². The van der Waals surface area contributed by atoms with Crippen LogP contribution in [0.15, 0.2) is 36.4 Å². The molecule has 4 heteroatoms. The van der Waals surface area contributed by atoms with Gasteiger partial charge in [0.15, 0.2) is 5.78 Å². The second-order valence-corrected chi connectivity index (χ2v) is 11.1. The van der Waals surface area contributed by atoms with Gasteiger partial charge in [-0.2, -0.15) is 0 Å². The Morgan fingerprint density at radius 3 is 1.56 bits per heavy atom. The van der Waals surface area contributed by atoms with Crippen LogP contribution in [0.1, 0.15) is 94.6 Å². The number of nitrogens with two attached hydrogens (primary N) is 1.